The van der Waals surface area contributed by atoms with Crippen molar-refractivity contribution in [3.63, 3.8) is 0 Å². The lowest BCUT2D eigenvalue weighted by Gasteiger charge is -2.05. The largest absolute Gasteiger partial charge is 0.445 e. The number of carbonyl (C=O) groups excluding carboxylic acids is 1. The molecule has 3 rings (SSSR count). The summed E-state index contributed by atoms with van der Waals surface area (Å²) >= 11 is 0. The highest BCUT2D eigenvalue weighted by Gasteiger charge is 2.10. The molecule has 1 amide bonds. The highest BCUT2D eigenvalue weighted by molar-refractivity contribution is 5.67. The van der Waals surface area contributed by atoms with Crippen molar-refractivity contribution in [1.82, 2.24) is 20.5 Å². The number of hydrogen-bond acceptors (Lipinski definition) is 6. The number of nitrogens with one attached hydrogen (secondary N) is 1. The number of alkyl carbamates (subject to hydrolysis) is 1. The van der Waals surface area contributed by atoms with Crippen molar-refractivity contribution in [2.45, 2.75) is 13.2 Å². The predicted molar refractivity (Wildman–Crippen MR) is 81.0 cm³/mol. The summed E-state index contributed by atoms with van der Waals surface area (Å²) in [4.78, 5) is 15.6. The molecule has 0 saturated heterocycles. The minimum atomic E-state index is -0.544. The molecule has 1 N–H and O–H groups in total. The zero-order valence-corrected chi connectivity index (χ0v) is 12.2. The molecule has 23 heavy (non-hydrogen) atoms. The van der Waals surface area contributed by atoms with Crippen molar-refractivity contribution < 1.29 is 13.9 Å². The van der Waals surface area contributed by atoms with Crippen LogP contribution in [-0.2, 0) is 17.9 Å². The van der Waals surface area contributed by atoms with Crippen LogP contribution in [0.4, 0.5) is 4.79 Å². The van der Waals surface area contributed by atoms with Gasteiger partial charge < -0.3 is 14.5 Å². The summed E-state index contributed by atoms with van der Waals surface area (Å²) in [5.41, 5.74) is 1.69. The summed E-state index contributed by atoms with van der Waals surface area (Å²) in [6.07, 6.45) is 2.73. The third-order valence-corrected chi connectivity index (χ3v) is 2.99. The van der Waals surface area contributed by atoms with Gasteiger partial charge in [-0.15, -0.1) is 10.2 Å². The smallest absolute Gasteiger partial charge is 0.407 e. The van der Waals surface area contributed by atoms with Crippen molar-refractivity contribution >= 4 is 6.09 Å². The van der Waals surface area contributed by atoms with E-state index in [9.17, 15) is 4.79 Å². The van der Waals surface area contributed by atoms with Crippen LogP contribution in [0.25, 0.3) is 11.5 Å². The molecule has 0 saturated carbocycles. The zero-order valence-electron chi connectivity index (χ0n) is 12.2. The topological polar surface area (TPSA) is 90.1 Å². The number of hydrogen-bond donors (Lipinski definition) is 1. The average Bonchev–Trinajstić information content (AvgIpc) is 3.09. The van der Waals surface area contributed by atoms with Gasteiger partial charge in [0.15, 0.2) is 0 Å². The fraction of sp³-hybridized carbons (Fsp3) is 0.125. The molecule has 7 heteroatoms. The van der Waals surface area contributed by atoms with Gasteiger partial charge in [-0.2, -0.15) is 0 Å². The molecule has 7 nitrogen and oxygen atoms in total. The monoisotopic (exact) mass is 310 g/mol. The Balaban J connectivity index is 1.49. The summed E-state index contributed by atoms with van der Waals surface area (Å²) in [5.74, 6) is 0.676. The first-order valence-electron chi connectivity index (χ1n) is 6.98. The van der Waals surface area contributed by atoms with Gasteiger partial charge >= 0.3 is 6.09 Å². The fourth-order valence-electron chi connectivity index (χ4n) is 1.86. The van der Waals surface area contributed by atoms with Gasteiger partial charge in [0.25, 0.3) is 0 Å². The maximum absolute atomic E-state index is 11.6. The molecule has 0 spiro atoms. The molecule has 116 valence electrons. The van der Waals surface area contributed by atoms with E-state index in [1.165, 1.54) is 0 Å². The molecule has 0 aliphatic heterocycles. The quantitative estimate of drug-likeness (QED) is 0.779. The molecule has 0 radical (unpaired) electrons. The second-order valence-electron chi connectivity index (χ2n) is 4.65. The molecular weight excluding hydrogens is 296 g/mol. The van der Waals surface area contributed by atoms with Crippen LogP contribution < -0.4 is 5.32 Å². The van der Waals surface area contributed by atoms with Gasteiger partial charge in [-0.25, -0.2) is 4.79 Å². The number of carbonyl (C=O) groups is 1. The standard InChI is InChI=1S/C16H14N4O3/c21-16(22-11-12-4-2-1-3-5-12)18-10-14-19-20-15(23-14)13-6-8-17-9-7-13/h1-9H,10-11H2,(H,18,21). The predicted octanol–water partition coefficient (Wildman–Crippen LogP) is 2.56. The highest BCUT2D eigenvalue weighted by atomic mass is 16.5. The van der Waals surface area contributed by atoms with E-state index in [0.29, 0.717) is 11.8 Å². The first kappa shape index (κ1) is 14.7. The van der Waals surface area contributed by atoms with Crippen molar-refractivity contribution in [2.75, 3.05) is 0 Å². The Morgan fingerprint density at radius 3 is 2.65 bits per heavy atom. The minimum absolute atomic E-state index is 0.103. The Kier molecular flexibility index (Phi) is 4.58. The minimum Gasteiger partial charge on any atom is -0.445 e. The highest BCUT2D eigenvalue weighted by Crippen LogP contribution is 2.15. The molecule has 0 unspecified atom stereocenters. The van der Waals surface area contributed by atoms with Gasteiger partial charge in [0, 0.05) is 18.0 Å². The molecule has 0 atom stereocenters. The number of amides is 1. The molecular formula is C16H14N4O3. The van der Waals surface area contributed by atoms with Gasteiger partial charge in [-0.1, -0.05) is 30.3 Å². The summed E-state index contributed by atoms with van der Waals surface area (Å²) in [6.45, 7) is 0.310. The second kappa shape index (κ2) is 7.17. The Morgan fingerprint density at radius 2 is 1.87 bits per heavy atom. The van der Waals surface area contributed by atoms with Crippen LogP contribution in [0.1, 0.15) is 11.5 Å². The molecule has 2 aromatic heterocycles. The normalized spacial score (nSPS) is 10.3. The Bertz CT molecular complexity index is 759. The molecule has 2 heterocycles. The SMILES string of the molecule is O=C(NCc1nnc(-c2ccncc2)o1)OCc1ccccc1. The number of pyridine rings is 1. The fourth-order valence-corrected chi connectivity index (χ4v) is 1.86. The van der Waals surface area contributed by atoms with Crippen LogP contribution >= 0.6 is 0 Å². The number of rotatable bonds is 5. The average molecular weight is 310 g/mol. The zero-order chi connectivity index (χ0) is 15.9. The van der Waals surface area contributed by atoms with E-state index in [1.807, 2.05) is 30.3 Å². The maximum atomic E-state index is 11.6. The van der Waals surface area contributed by atoms with Gasteiger partial charge in [0.05, 0.1) is 6.54 Å². The summed E-state index contributed by atoms with van der Waals surface area (Å²) in [5, 5.41) is 10.4. The Morgan fingerprint density at radius 1 is 1.09 bits per heavy atom. The Labute approximate surface area is 132 Å². The lowest BCUT2D eigenvalue weighted by molar-refractivity contribution is 0.138. The third kappa shape index (κ3) is 4.13. The Hall–Kier alpha value is -3.22. The van der Waals surface area contributed by atoms with E-state index in [-0.39, 0.29) is 13.2 Å². The van der Waals surface area contributed by atoms with Gasteiger partial charge in [0.1, 0.15) is 6.61 Å². The second-order valence-corrected chi connectivity index (χ2v) is 4.65. The third-order valence-electron chi connectivity index (χ3n) is 2.99. The molecule has 0 fully saturated rings. The van der Waals surface area contributed by atoms with Crippen molar-refractivity contribution in [1.29, 1.82) is 0 Å². The van der Waals surface area contributed by atoms with E-state index in [4.69, 9.17) is 9.15 Å². The van der Waals surface area contributed by atoms with E-state index in [2.05, 4.69) is 20.5 Å². The van der Waals surface area contributed by atoms with Gasteiger partial charge in [-0.3, -0.25) is 4.98 Å². The molecule has 1 aromatic carbocycles. The van der Waals surface area contributed by atoms with Gasteiger partial charge in [0.2, 0.25) is 11.8 Å². The van der Waals surface area contributed by atoms with E-state index < -0.39 is 6.09 Å². The number of aromatic nitrogens is 3. The van der Waals surface area contributed by atoms with E-state index >= 15 is 0 Å². The number of ether oxygens (including phenoxy) is 1. The van der Waals surface area contributed by atoms with Crippen LogP contribution in [0.5, 0.6) is 0 Å². The summed E-state index contributed by atoms with van der Waals surface area (Å²) in [7, 11) is 0. The molecule has 0 aliphatic carbocycles. The summed E-state index contributed by atoms with van der Waals surface area (Å²) in [6, 6.07) is 13.0. The van der Waals surface area contributed by atoms with Crippen molar-refractivity contribution in [2.24, 2.45) is 0 Å². The van der Waals surface area contributed by atoms with E-state index in [0.717, 1.165) is 11.1 Å². The molecule has 3 aromatic rings. The lowest BCUT2D eigenvalue weighted by Crippen LogP contribution is -2.23. The van der Waals surface area contributed by atoms with Crippen molar-refractivity contribution in [3.05, 3.63) is 66.3 Å². The van der Waals surface area contributed by atoms with Crippen LogP contribution in [-0.4, -0.2) is 21.3 Å². The maximum Gasteiger partial charge on any atom is 0.407 e. The first-order chi connectivity index (χ1) is 11.3. The van der Waals surface area contributed by atoms with Crippen LogP contribution in [0.3, 0.4) is 0 Å². The molecule has 0 aliphatic rings. The number of nitrogens with zero attached hydrogens (tertiary/aromatic N) is 3. The van der Waals surface area contributed by atoms with Crippen LogP contribution in [0.2, 0.25) is 0 Å². The first-order valence-corrected chi connectivity index (χ1v) is 6.98. The van der Waals surface area contributed by atoms with Crippen LogP contribution in [0, 0.1) is 0 Å². The number of benzene rings is 1. The lowest BCUT2D eigenvalue weighted by atomic mass is 10.2. The van der Waals surface area contributed by atoms with Crippen LogP contribution in [0.15, 0.2) is 59.3 Å². The molecule has 0 bridgehead atoms. The van der Waals surface area contributed by atoms with E-state index in [1.54, 1.807) is 24.5 Å². The van der Waals surface area contributed by atoms with Crippen molar-refractivity contribution in [3.8, 4) is 11.5 Å². The summed E-state index contributed by atoms with van der Waals surface area (Å²) < 4.78 is 10.6. The van der Waals surface area contributed by atoms with Gasteiger partial charge in [-0.05, 0) is 17.7 Å².